The van der Waals surface area contributed by atoms with E-state index in [9.17, 15) is 10.1 Å². The molecular weight excluding hydrogens is 400 g/mol. The second-order valence-electron chi connectivity index (χ2n) is 9.08. The molecule has 3 aliphatic rings. The number of thioether (sulfide) groups is 1. The fraction of sp³-hybridized carbons (Fsp3) is 0.333. The van der Waals surface area contributed by atoms with Crippen molar-refractivity contribution in [1.82, 2.24) is 0 Å². The number of nitrogens with zero attached hydrogens (tertiary/aromatic N) is 2. The Morgan fingerprint density at radius 1 is 1.13 bits per heavy atom. The Hall–Kier alpha value is -2.77. The Morgan fingerprint density at radius 2 is 1.87 bits per heavy atom. The van der Waals surface area contributed by atoms with Crippen molar-refractivity contribution in [2.45, 2.75) is 50.0 Å². The van der Waals surface area contributed by atoms with E-state index in [0.717, 1.165) is 34.7 Å². The van der Waals surface area contributed by atoms with Gasteiger partial charge in [0.2, 0.25) is 0 Å². The zero-order valence-electron chi connectivity index (χ0n) is 17.9. The molecule has 0 aromatic heterocycles. The highest BCUT2D eigenvalue weighted by atomic mass is 32.2. The molecule has 4 heteroatoms. The van der Waals surface area contributed by atoms with Crippen LogP contribution in [0.3, 0.4) is 0 Å². The first-order chi connectivity index (χ1) is 15.1. The lowest BCUT2D eigenvalue weighted by atomic mass is 9.66. The van der Waals surface area contributed by atoms with Gasteiger partial charge >= 0.3 is 0 Å². The van der Waals surface area contributed by atoms with Crippen molar-refractivity contribution in [2.75, 3.05) is 4.90 Å². The summed E-state index contributed by atoms with van der Waals surface area (Å²) in [5, 5.41) is 11.3. The van der Waals surface area contributed by atoms with Gasteiger partial charge in [-0.05, 0) is 47.9 Å². The Bertz CT molecular complexity index is 1130. The standard InChI is InChI=1S/C27H26N2OS/c1-17(2)12-13-19-14-20-23(15-24(19)30)29-22-10-6-7-11-25(22)31-27(29)21(16-28)26(20)18-8-4-3-5-9-18/h3-11,13,17,20,23,26H,12,14-15H2,1-2H3/b19-13+/t20-,23+,26-/m0/s1. The molecule has 2 aromatic carbocycles. The Balaban J connectivity index is 1.66. The first-order valence-corrected chi connectivity index (χ1v) is 11.9. The van der Waals surface area contributed by atoms with Crippen LogP contribution in [0.5, 0.6) is 0 Å². The number of ketones is 1. The van der Waals surface area contributed by atoms with E-state index in [1.807, 2.05) is 18.2 Å². The SMILES string of the molecule is CC(C)C/C=C1\C[C@H]2[C@@H](CC1=O)N1C(=C(C#N)[C@H]2c2ccccc2)Sc2ccccc21. The number of hydrogen-bond donors (Lipinski definition) is 0. The van der Waals surface area contributed by atoms with Crippen molar-refractivity contribution in [3.63, 3.8) is 0 Å². The molecule has 3 atom stereocenters. The van der Waals surface area contributed by atoms with Gasteiger partial charge in [-0.15, -0.1) is 0 Å². The van der Waals surface area contributed by atoms with Gasteiger partial charge < -0.3 is 4.90 Å². The minimum atomic E-state index is 0.0137. The summed E-state index contributed by atoms with van der Waals surface area (Å²) in [6, 6.07) is 21.4. The summed E-state index contributed by atoms with van der Waals surface area (Å²) in [7, 11) is 0. The topological polar surface area (TPSA) is 44.1 Å². The number of allylic oxidation sites excluding steroid dienone is 3. The number of rotatable bonds is 3. The first kappa shape index (κ1) is 20.2. The molecule has 0 bridgehead atoms. The predicted octanol–water partition coefficient (Wildman–Crippen LogP) is 6.45. The summed E-state index contributed by atoms with van der Waals surface area (Å²) in [6.45, 7) is 4.36. The van der Waals surface area contributed by atoms with Crippen LogP contribution in [0.4, 0.5) is 5.69 Å². The summed E-state index contributed by atoms with van der Waals surface area (Å²) >= 11 is 1.68. The maximum atomic E-state index is 13.2. The maximum absolute atomic E-state index is 13.2. The summed E-state index contributed by atoms with van der Waals surface area (Å²) in [5.41, 5.74) is 4.11. The lowest BCUT2D eigenvalue weighted by Crippen LogP contribution is -2.49. The van der Waals surface area contributed by atoms with Crippen LogP contribution in [0.2, 0.25) is 0 Å². The van der Waals surface area contributed by atoms with E-state index in [-0.39, 0.29) is 23.7 Å². The number of anilines is 1. The largest absolute Gasteiger partial charge is 0.330 e. The molecule has 0 amide bonds. The first-order valence-electron chi connectivity index (χ1n) is 11.1. The number of Topliss-reactive ketones (excluding diaryl/α,β-unsaturated/α-hetero) is 1. The van der Waals surface area contributed by atoms with Gasteiger partial charge in [0.05, 0.1) is 22.4 Å². The summed E-state index contributed by atoms with van der Waals surface area (Å²) in [6.07, 6.45) is 4.32. The van der Waals surface area contributed by atoms with Gasteiger partial charge in [-0.3, -0.25) is 4.79 Å². The van der Waals surface area contributed by atoms with Crippen molar-refractivity contribution < 1.29 is 4.79 Å². The predicted molar refractivity (Wildman–Crippen MR) is 126 cm³/mol. The minimum Gasteiger partial charge on any atom is -0.330 e. The van der Waals surface area contributed by atoms with Gasteiger partial charge in [0, 0.05) is 23.3 Å². The van der Waals surface area contributed by atoms with Gasteiger partial charge in [0.25, 0.3) is 0 Å². The number of para-hydroxylation sites is 1. The maximum Gasteiger partial charge on any atom is 0.160 e. The van der Waals surface area contributed by atoms with Crippen LogP contribution < -0.4 is 4.90 Å². The Morgan fingerprint density at radius 3 is 2.61 bits per heavy atom. The summed E-state index contributed by atoms with van der Waals surface area (Å²) in [5.74, 6) is 1.00. The van der Waals surface area contributed by atoms with E-state index >= 15 is 0 Å². The van der Waals surface area contributed by atoms with E-state index in [4.69, 9.17) is 0 Å². The molecule has 31 heavy (non-hydrogen) atoms. The monoisotopic (exact) mass is 426 g/mol. The second kappa shape index (κ2) is 8.05. The van der Waals surface area contributed by atoms with Crippen LogP contribution in [-0.4, -0.2) is 11.8 Å². The number of carbonyl (C=O) groups is 1. The number of nitriles is 1. The molecule has 2 aromatic rings. The normalized spacial score (nSPS) is 26.0. The third kappa shape index (κ3) is 3.42. The number of fused-ring (bicyclic) bond motifs is 5. The molecule has 3 nitrogen and oxygen atoms in total. The molecular formula is C27H26N2OS. The van der Waals surface area contributed by atoms with Crippen molar-refractivity contribution in [1.29, 1.82) is 5.26 Å². The van der Waals surface area contributed by atoms with Crippen LogP contribution in [0.15, 0.2) is 81.7 Å². The molecule has 5 rings (SSSR count). The second-order valence-corrected chi connectivity index (χ2v) is 10.1. The number of benzene rings is 2. The Labute approximate surface area is 188 Å². The van der Waals surface area contributed by atoms with E-state index in [1.54, 1.807) is 11.8 Å². The zero-order chi connectivity index (χ0) is 21.5. The minimum absolute atomic E-state index is 0.0137. The fourth-order valence-electron chi connectivity index (χ4n) is 5.23. The lowest BCUT2D eigenvalue weighted by Gasteiger charge is -2.47. The molecule has 1 fully saturated rings. The molecule has 1 saturated carbocycles. The van der Waals surface area contributed by atoms with Crippen LogP contribution in [-0.2, 0) is 4.79 Å². The fourth-order valence-corrected chi connectivity index (χ4v) is 6.47. The molecule has 156 valence electrons. The molecule has 0 saturated heterocycles. The molecule has 1 aliphatic carbocycles. The summed E-state index contributed by atoms with van der Waals surface area (Å²) in [4.78, 5) is 16.7. The average molecular weight is 427 g/mol. The third-order valence-electron chi connectivity index (χ3n) is 6.67. The van der Waals surface area contributed by atoms with Gasteiger partial charge in [0.1, 0.15) is 0 Å². The smallest absolute Gasteiger partial charge is 0.160 e. The van der Waals surface area contributed by atoms with Crippen LogP contribution in [0.1, 0.15) is 44.6 Å². The van der Waals surface area contributed by atoms with E-state index in [1.165, 1.54) is 10.5 Å². The molecule has 0 spiro atoms. The molecule has 0 radical (unpaired) electrons. The van der Waals surface area contributed by atoms with Crippen LogP contribution in [0, 0.1) is 23.2 Å². The average Bonchev–Trinajstić information content (AvgIpc) is 3.17. The van der Waals surface area contributed by atoms with Gasteiger partial charge in [-0.2, -0.15) is 5.26 Å². The molecule has 0 unspecified atom stereocenters. The lowest BCUT2D eigenvalue weighted by molar-refractivity contribution is -0.117. The molecule has 2 aliphatic heterocycles. The van der Waals surface area contributed by atoms with Gasteiger partial charge in [-0.1, -0.05) is 74.1 Å². The van der Waals surface area contributed by atoms with Crippen molar-refractivity contribution in [3.05, 3.63) is 82.4 Å². The van der Waals surface area contributed by atoms with Crippen LogP contribution >= 0.6 is 11.8 Å². The van der Waals surface area contributed by atoms with Crippen molar-refractivity contribution >= 4 is 23.2 Å². The number of carbonyl (C=O) groups excluding carboxylic acids is 1. The zero-order valence-corrected chi connectivity index (χ0v) is 18.7. The van der Waals surface area contributed by atoms with Crippen molar-refractivity contribution in [3.8, 4) is 6.07 Å². The van der Waals surface area contributed by atoms with Gasteiger partial charge in [-0.25, -0.2) is 0 Å². The van der Waals surface area contributed by atoms with Crippen molar-refractivity contribution in [2.24, 2.45) is 11.8 Å². The van der Waals surface area contributed by atoms with Crippen LogP contribution in [0.25, 0.3) is 0 Å². The highest BCUT2D eigenvalue weighted by Crippen LogP contribution is 2.58. The Kier molecular flexibility index (Phi) is 5.24. The molecule has 0 N–H and O–H groups in total. The quantitative estimate of drug-likeness (QED) is 0.529. The van der Waals surface area contributed by atoms with E-state index < -0.39 is 0 Å². The third-order valence-corrected chi connectivity index (χ3v) is 7.84. The highest BCUT2D eigenvalue weighted by molar-refractivity contribution is 8.03. The number of hydrogen-bond acceptors (Lipinski definition) is 4. The molecule has 2 heterocycles. The highest BCUT2D eigenvalue weighted by Gasteiger charge is 2.50. The van der Waals surface area contributed by atoms with Gasteiger partial charge in [0.15, 0.2) is 5.78 Å². The van der Waals surface area contributed by atoms with E-state index in [0.29, 0.717) is 12.3 Å². The summed E-state index contributed by atoms with van der Waals surface area (Å²) < 4.78 is 0. The van der Waals surface area contributed by atoms with E-state index in [2.05, 4.69) is 67.3 Å².